The Balaban J connectivity index is 1.31. The van der Waals surface area contributed by atoms with E-state index in [0.29, 0.717) is 12.6 Å². The summed E-state index contributed by atoms with van der Waals surface area (Å²) < 4.78 is 5.41. The molecule has 22 heavy (non-hydrogen) atoms. The molecule has 1 atom stereocenters. The zero-order valence-electron chi connectivity index (χ0n) is 13.9. The molecule has 126 valence electrons. The summed E-state index contributed by atoms with van der Waals surface area (Å²) in [7, 11) is 0. The average Bonchev–Trinajstić information content (AvgIpc) is 3.35. The summed E-state index contributed by atoms with van der Waals surface area (Å²) >= 11 is 0. The summed E-state index contributed by atoms with van der Waals surface area (Å²) in [5.41, 5.74) is 0. The monoisotopic (exact) mass is 309 g/mol. The van der Waals surface area contributed by atoms with Gasteiger partial charge in [0.1, 0.15) is 0 Å². The van der Waals surface area contributed by atoms with Crippen molar-refractivity contribution in [2.45, 2.75) is 38.6 Å². The van der Waals surface area contributed by atoms with E-state index in [4.69, 9.17) is 4.74 Å². The summed E-state index contributed by atoms with van der Waals surface area (Å²) in [6.45, 7) is 10.0. The summed E-state index contributed by atoms with van der Waals surface area (Å²) in [5, 5.41) is 3.16. The topological polar surface area (TPSA) is 44.8 Å². The molecule has 0 aromatic rings. The number of carbonyl (C=O) groups is 1. The summed E-state index contributed by atoms with van der Waals surface area (Å²) in [5.74, 6) is 1.75. The molecular weight excluding hydrogens is 278 g/mol. The zero-order chi connectivity index (χ0) is 15.4. The van der Waals surface area contributed by atoms with Crippen molar-refractivity contribution in [2.75, 3.05) is 52.5 Å². The van der Waals surface area contributed by atoms with Gasteiger partial charge in [0, 0.05) is 25.7 Å². The van der Waals surface area contributed by atoms with E-state index in [1.54, 1.807) is 0 Å². The first kappa shape index (κ1) is 16.2. The summed E-state index contributed by atoms with van der Waals surface area (Å²) in [4.78, 5) is 16.9. The van der Waals surface area contributed by atoms with Crippen LogP contribution in [0.2, 0.25) is 0 Å². The minimum atomic E-state index is 0.214. The van der Waals surface area contributed by atoms with E-state index in [0.717, 1.165) is 51.2 Å². The normalized spacial score (nSPS) is 26.8. The van der Waals surface area contributed by atoms with Gasteiger partial charge in [-0.3, -0.25) is 14.6 Å². The van der Waals surface area contributed by atoms with Crippen molar-refractivity contribution >= 4 is 5.91 Å². The van der Waals surface area contributed by atoms with Gasteiger partial charge in [-0.25, -0.2) is 0 Å². The highest BCUT2D eigenvalue weighted by molar-refractivity contribution is 5.78. The number of likely N-dealkylation sites (tertiary alicyclic amines) is 1. The summed E-state index contributed by atoms with van der Waals surface area (Å²) in [6.07, 6.45) is 5.02. The van der Waals surface area contributed by atoms with Crippen molar-refractivity contribution in [3.8, 4) is 0 Å². The second-order valence-electron chi connectivity index (χ2n) is 7.33. The Hall–Kier alpha value is -0.650. The van der Waals surface area contributed by atoms with E-state index in [1.807, 2.05) is 0 Å². The second kappa shape index (κ2) is 7.75. The van der Waals surface area contributed by atoms with Crippen LogP contribution in [-0.4, -0.2) is 74.2 Å². The van der Waals surface area contributed by atoms with Crippen molar-refractivity contribution in [1.29, 1.82) is 0 Å². The Labute approximate surface area is 134 Å². The van der Waals surface area contributed by atoms with Crippen LogP contribution >= 0.6 is 0 Å². The predicted molar refractivity (Wildman–Crippen MR) is 86.8 cm³/mol. The largest absolute Gasteiger partial charge is 0.379 e. The number of nitrogens with zero attached hydrogens (tertiary/aromatic N) is 2. The number of ether oxygens (including phenoxy) is 1. The fraction of sp³-hybridized carbons (Fsp3) is 0.941. The maximum Gasteiger partial charge on any atom is 0.234 e. The molecule has 0 aromatic heterocycles. The van der Waals surface area contributed by atoms with E-state index in [1.165, 1.54) is 32.2 Å². The SMILES string of the molecule is CC(NC(=O)CN1CCC(CN2CCOCC2)CC1)C1CC1. The highest BCUT2D eigenvalue weighted by Crippen LogP contribution is 2.32. The van der Waals surface area contributed by atoms with Crippen LogP contribution in [0.15, 0.2) is 0 Å². The number of piperidine rings is 1. The van der Waals surface area contributed by atoms with Gasteiger partial charge in [0.15, 0.2) is 0 Å². The van der Waals surface area contributed by atoms with Crippen LogP contribution in [0.1, 0.15) is 32.6 Å². The minimum absolute atomic E-state index is 0.214. The third-order valence-electron chi connectivity index (χ3n) is 5.41. The fourth-order valence-electron chi connectivity index (χ4n) is 3.69. The standard InChI is InChI=1S/C17H31N3O2/c1-14(16-2-3-16)18-17(21)13-19-6-4-15(5-7-19)12-20-8-10-22-11-9-20/h14-16H,2-13H2,1H3,(H,18,21). The smallest absolute Gasteiger partial charge is 0.234 e. The number of nitrogens with one attached hydrogen (secondary N) is 1. The van der Waals surface area contributed by atoms with Gasteiger partial charge in [0.25, 0.3) is 0 Å². The second-order valence-corrected chi connectivity index (χ2v) is 7.33. The van der Waals surface area contributed by atoms with Gasteiger partial charge in [0.2, 0.25) is 5.91 Å². The maximum absolute atomic E-state index is 12.1. The molecule has 1 unspecified atom stereocenters. The van der Waals surface area contributed by atoms with Gasteiger partial charge in [-0.15, -0.1) is 0 Å². The molecule has 1 saturated carbocycles. The predicted octanol–water partition coefficient (Wildman–Crippen LogP) is 0.945. The van der Waals surface area contributed by atoms with Crippen LogP contribution in [0.5, 0.6) is 0 Å². The van der Waals surface area contributed by atoms with Gasteiger partial charge in [-0.1, -0.05) is 0 Å². The fourth-order valence-corrected chi connectivity index (χ4v) is 3.69. The van der Waals surface area contributed by atoms with Gasteiger partial charge in [0.05, 0.1) is 19.8 Å². The van der Waals surface area contributed by atoms with Crippen molar-refractivity contribution < 1.29 is 9.53 Å². The van der Waals surface area contributed by atoms with Gasteiger partial charge >= 0.3 is 0 Å². The molecule has 3 rings (SSSR count). The lowest BCUT2D eigenvalue weighted by Gasteiger charge is -2.35. The lowest BCUT2D eigenvalue weighted by molar-refractivity contribution is -0.123. The molecule has 2 heterocycles. The Morgan fingerprint density at radius 3 is 2.41 bits per heavy atom. The number of hydrogen-bond donors (Lipinski definition) is 1. The van der Waals surface area contributed by atoms with Crippen LogP contribution in [0.4, 0.5) is 0 Å². The minimum Gasteiger partial charge on any atom is -0.379 e. The number of morpholine rings is 1. The number of rotatable bonds is 6. The third kappa shape index (κ3) is 4.93. The number of carbonyl (C=O) groups excluding carboxylic acids is 1. The van der Waals surface area contributed by atoms with Gasteiger partial charge in [-0.05, 0) is 57.5 Å². The zero-order valence-corrected chi connectivity index (χ0v) is 13.9. The van der Waals surface area contributed by atoms with E-state index >= 15 is 0 Å². The Bertz CT molecular complexity index is 359. The Morgan fingerprint density at radius 1 is 1.09 bits per heavy atom. The van der Waals surface area contributed by atoms with E-state index < -0.39 is 0 Å². The number of hydrogen-bond acceptors (Lipinski definition) is 4. The molecule has 3 fully saturated rings. The molecule has 5 heteroatoms. The molecule has 2 aliphatic heterocycles. The molecule has 5 nitrogen and oxygen atoms in total. The molecule has 0 bridgehead atoms. The van der Waals surface area contributed by atoms with Crippen LogP contribution < -0.4 is 5.32 Å². The molecular formula is C17H31N3O2. The van der Waals surface area contributed by atoms with Crippen LogP contribution in [0.25, 0.3) is 0 Å². The molecule has 1 N–H and O–H groups in total. The first-order valence-electron chi connectivity index (χ1n) is 9.02. The first-order chi connectivity index (χ1) is 10.7. The van der Waals surface area contributed by atoms with Crippen LogP contribution in [0.3, 0.4) is 0 Å². The lowest BCUT2D eigenvalue weighted by Crippen LogP contribution is -2.46. The lowest BCUT2D eigenvalue weighted by atomic mass is 9.96. The van der Waals surface area contributed by atoms with Crippen molar-refractivity contribution in [2.24, 2.45) is 11.8 Å². The Morgan fingerprint density at radius 2 is 1.77 bits per heavy atom. The van der Waals surface area contributed by atoms with E-state index in [2.05, 4.69) is 22.0 Å². The third-order valence-corrected chi connectivity index (χ3v) is 5.41. The maximum atomic E-state index is 12.1. The van der Waals surface area contributed by atoms with Crippen molar-refractivity contribution in [1.82, 2.24) is 15.1 Å². The summed E-state index contributed by atoms with van der Waals surface area (Å²) in [6, 6.07) is 0.367. The van der Waals surface area contributed by atoms with Crippen molar-refractivity contribution in [3.05, 3.63) is 0 Å². The average molecular weight is 309 g/mol. The van der Waals surface area contributed by atoms with E-state index in [-0.39, 0.29) is 5.91 Å². The molecule has 0 spiro atoms. The van der Waals surface area contributed by atoms with Gasteiger partial charge in [-0.2, -0.15) is 0 Å². The van der Waals surface area contributed by atoms with Crippen molar-refractivity contribution in [3.63, 3.8) is 0 Å². The highest BCUT2D eigenvalue weighted by atomic mass is 16.5. The van der Waals surface area contributed by atoms with Gasteiger partial charge < -0.3 is 10.1 Å². The van der Waals surface area contributed by atoms with E-state index in [9.17, 15) is 4.79 Å². The quantitative estimate of drug-likeness (QED) is 0.793. The Kier molecular flexibility index (Phi) is 5.71. The molecule has 0 aromatic carbocycles. The molecule has 1 amide bonds. The first-order valence-corrected chi connectivity index (χ1v) is 9.02. The highest BCUT2D eigenvalue weighted by Gasteiger charge is 2.29. The molecule has 3 aliphatic rings. The molecule has 0 radical (unpaired) electrons. The molecule has 1 aliphatic carbocycles. The van der Waals surface area contributed by atoms with Crippen LogP contribution in [0, 0.1) is 11.8 Å². The number of amides is 1. The molecule has 2 saturated heterocycles. The van der Waals surface area contributed by atoms with Crippen LogP contribution in [-0.2, 0) is 9.53 Å².